The summed E-state index contributed by atoms with van der Waals surface area (Å²) in [6.45, 7) is 4.24. The van der Waals surface area contributed by atoms with Crippen molar-refractivity contribution in [1.82, 2.24) is 0 Å². The van der Waals surface area contributed by atoms with Crippen molar-refractivity contribution in [2.75, 3.05) is 17.7 Å². The molecule has 0 radical (unpaired) electrons. The van der Waals surface area contributed by atoms with Crippen LogP contribution in [0.4, 0.5) is 11.4 Å². The summed E-state index contributed by atoms with van der Waals surface area (Å²) >= 11 is 0. The Labute approximate surface area is 153 Å². The van der Waals surface area contributed by atoms with E-state index < -0.39 is 5.41 Å². The average molecular weight is 352 g/mol. The molecule has 2 aromatic rings. The number of anilines is 2. The van der Waals surface area contributed by atoms with Crippen LogP contribution in [0.1, 0.15) is 38.2 Å². The number of carbonyl (C=O) groups is 2. The second kappa shape index (κ2) is 7.20. The summed E-state index contributed by atoms with van der Waals surface area (Å²) in [5.41, 5.74) is 1.48. The average Bonchev–Trinajstić information content (AvgIpc) is 3.44. The van der Waals surface area contributed by atoms with Gasteiger partial charge in [-0.1, -0.05) is 38.1 Å². The molecule has 0 aromatic heterocycles. The van der Waals surface area contributed by atoms with Gasteiger partial charge in [-0.05, 0) is 48.6 Å². The van der Waals surface area contributed by atoms with Gasteiger partial charge in [-0.15, -0.1) is 0 Å². The second-order valence-corrected chi connectivity index (χ2v) is 6.97. The standard InChI is InChI=1S/C21H24N2O3/c1-14(2)15-8-10-16(11-9-15)22-19(24)21(12-13-21)20(25)23-17-6-4-5-7-18(17)26-3/h4-11,14H,12-13H2,1-3H3,(H,22,24)(H,23,25). The van der Waals surface area contributed by atoms with Crippen molar-refractivity contribution in [3.05, 3.63) is 54.1 Å². The predicted octanol–water partition coefficient (Wildman–Crippen LogP) is 4.18. The molecule has 1 aliphatic rings. The van der Waals surface area contributed by atoms with Gasteiger partial charge in [0.25, 0.3) is 0 Å². The van der Waals surface area contributed by atoms with Gasteiger partial charge in [-0.2, -0.15) is 0 Å². The number of methoxy groups -OCH3 is 1. The van der Waals surface area contributed by atoms with Crippen LogP contribution in [0.2, 0.25) is 0 Å². The predicted molar refractivity (Wildman–Crippen MR) is 102 cm³/mol. The van der Waals surface area contributed by atoms with Crippen LogP contribution < -0.4 is 15.4 Å². The third-order valence-electron chi connectivity index (χ3n) is 4.81. The highest BCUT2D eigenvalue weighted by molar-refractivity contribution is 6.17. The first-order chi connectivity index (χ1) is 12.5. The molecule has 2 N–H and O–H groups in total. The Bertz CT molecular complexity index is 808. The zero-order chi connectivity index (χ0) is 18.7. The van der Waals surface area contributed by atoms with E-state index in [0.29, 0.717) is 35.9 Å². The monoisotopic (exact) mass is 352 g/mol. The number of nitrogens with one attached hydrogen (secondary N) is 2. The molecule has 0 aliphatic heterocycles. The SMILES string of the molecule is COc1ccccc1NC(=O)C1(C(=O)Nc2ccc(C(C)C)cc2)CC1. The molecule has 26 heavy (non-hydrogen) atoms. The van der Waals surface area contributed by atoms with Crippen molar-refractivity contribution in [3.8, 4) is 5.75 Å². The van der Waals surface area contributed by atoms with Crippen LogP contribution in [0, 0.1) is 5.41 Å². The van der Waals surface area contributed by atoms with Crippen molar-refractivity contribution in [3.63, 3.8) is 0 Å². The van der Waals surface area contributed by atoms with E-state index in [2.05, 4.69) is 24.5 Å². The number of rotatable bonds is 6. The molecule has 2 amide bonds. The molecular formula is C21H24N2O3. The third kappa shape index (κ3) is 3.57. The van der Waals surface area contributed by atoms with Crippen molar-refractivity contribution in [2.45, 2.75) is 32.6 Å². The Balaban J connectivity index is 1.69. The van der Waals surface area contributed by atoms with Crippen LogP contribution in [0.15, 0.2) is 48.5 Å². The van der Waals surface area contributed by atoms with E-state index in [4.69, 9.17) is 4.74 Å². The van der Waals surface area contributed by atoms with E-state index in [1.165, 1.54) is 5.56 Å². The summed E-state index contributed by atoms with van der Waals surface area (Å²) < 4.78 is 5.25. The fourth-order valence-corrected chi connectivity index (χ4v) is 2.87. The van der Waals surface area contributed by atoms with Gasteiger partial charge in [-0.3, -0.25) is 9.59 Å². The highest BCUT2D eigenvalue weighted by atomic mass is 16.5. The number of amides is 2. The lowest BCUT2D eigenvalue weighted by Crippen LogP contribution is -2.35. The van der Waals surface area contributed by atoms with Gasteiger partial charge in [0.1, 0.15) is 11.2 Å². The number of para-hydroxylation sites is 2. The molecule has 5 nitrogen and oxygen atoms in total. The maximum atomic E-state index is 12.7. The number of carbonyl (C=O) groups excluding carboxylic acids is 2. The number of ether oxygens (including phenoxy) is 1. The summed E-state index contributed by atoms with van der Waals surface area (Å²) in [6, 6.07) is 14.9. The topological polar surface area (TPSA) is 67.4 Å². The first-order valence-corrected chi connectivity index (χ1v) is 8.82. The summed E-state index contributed by atoms with van der Waals surface area (Å²) in [6.07, 6.45) is 1.09. The smallest absolute Gasteiger partial charge is 0.240 e. The highest BCUT2D eigenvalue weighted by Crippen LogP contribution is 2.48. The van der Waals surface area contributed by atoms with E-state index in [1.54, 1.807) is 19.2 Å². The maximum absolute atomic E-state index is 12.7. The van der Waals surface area contributed by atoms with Crippen LogP contribution >= 0.6 is 0 Å². The van der Waals surface area contributed by atoms with E-state index >= 15 is 0 Å². The molecule has 3 rings (SSSR count). The lowest BCUT2D eigenvalue weighted by Gasteiger charge is -2.17. The van der Waals surface area contributed by atoms with E-state index in [0.717, 1.165) is 0 Å². The van der Waals surface area contributed by atoms with Crippen molar-refractivity contribution < 1.29 is 14.3 Å². The number of hydrogen-bond donors (Lipinski definition) is 2. The molecule has 0 atom stereocenters. The quantitative estimate of drug-likeness (QED) is 0.767. The van der Waals surface area contributed by atoms with Crippen molar-refractivity contribution in [1.29, 1.82) is 0 Å². The molecular weight excluding hydrogens is 328 g/mol. The van der Waals surface area contributed by atoms with Gasteiger partial charge < -0.3 is 15.4 Å². The molecule has 0 unspecified atom stereocenters. The molecule has 1 aliphatic carbocycles. The molecule has 0 bridgehead atoms. The molecule has 2 aromatic carbocycles. The minimum atomic E-state index is -1.00. The number of benzene rings is 2. The van der Waals surface area contributed by atoms with Gasteiger partial charge in [0.15, 0.2) is 0 Å². The van der Waals surface area contributed by atoms with Crippen molar-refractivity contribution >= 4 is 23.2 Å². The first kappa shape index (κ1) is 18.0. The number of hydrogen-bond acceptors (Lipinski definition) is 3. The molecule has 0 spiro atoms. The Kier molecular flexibility index (Phi) is 4.98. The van der Waals surface area contributed by atoms with E-state index in [-0.39, 0.29) is 11.8 Å². The third-order valence-corrected chi connectivity index (χ3v) is 4.81. The minimum absolute atomic E-state index is 0.262. The summed E-state index contributed by atoms with van der Waals surface area (Å²) in [5.74, 6) is 0.447. The fourth-order valence-electron chi connectivity index (χ4n) is 2.87. The molecule has 5 heteroatoms. The highest BCUT2D eigenvalue weighted by Gasteiger charge is 2.56. The summed E-state index contributed by atoms with van der Waals surface area (Å²) in [5, 5.41) is 5.71. The molecule has 1 saturated carbocycles. The van der Waals surface area contributed by atoms with Gasteiger partial charge >= 0.3 is 0 Å². The van der Waals surface area contributed by atoms with E-state index in [9.17, 15) is 9.59 Å². The van der Waals surface area contributed by atoms with Gasteiger partial charge in [-0.25, -0.2) is 0 Å². The Morgan fingerprint density at radius 1 is 0.962 bits per heavy atom. The fraction of sp³-hybridized carbons (Fsp3) is 0.333. The van der Waals surface area contributed by atoms with Crippen LogP contribution in [0.5, 0.6) is 5.75 Å². The molecule has 136 valence electrons. The molecule has 1 fully saturated rings. The van der Waals surface area contributed by atoms with Gasteiger partial charge in [0.2, 0.25) is 11.8 Å². The lowest BCUT2D eigenvalue weighted by atomic mass is 10.0. The van der Waals surface area contributed by atoms with Crippen LogP contribution in [-0.2, 0) is 9.59 Å². The maximum Gasteiger partial charge on any atom is 0.240 e. The first-order valence-electron chi connectivity index (χ1n) is 8.82. The second-order valence-electron chi connectivity index (χ2n) is 6.97. The Hall–Kier alpha value is -2.82. The van der Waals surface area contributed by atoms with Crippen LogP contribution in [-0.4, -0.2) is 18.9 Å². The summed E-state index contributed by atoms with van der Waals surface area (Å²) in [7, 11) is 1.55. The van der Waals surface area contributed by atoms with Gasteiger partial charge in [0, 0.05) is 5.69 Å². The van der Waals surface area contributed by atoms with Gasteiger partial charge in [0.05, 0.1) is 12.8 Å². The normalized spacial score (nSPS) is 14.6. The Morgan fingerprint density at radius 2 is 1.58 bits per heavy atom. The molecule has 0 saturated heterocycles. The van der Waals surface area contributed by atoms with Crippen LogP contribution in [0.25, 0.3) is 0 Å². The molecule has 0 heterocycles. The zero-order valence-electron chi connectivity index (χ0n) is 15.3. The van der Waals surface area contributed by atoms with Crippen molar-refractivity contribution in [2.24, 2.45) is 5.41 Å². The van der Waals surface area contributed by atoms with Crippen LogP contribution in [0.3, 0.4) is 0 Å². The lowest BCUT2D eigenvalue weighted by molar-refractivity contribution is -0.131. The zero-order valence-corrected chi connectivity index (χ0v) is 15.3. The minimum Gasteiger partial charge on any atom is -0.495 e. The summed E-state index contributed by atoms with van der Waals surface area (Å²) in [4.78, 5) is 25.4. The van der Waals surface area contributed by atoms with E-state index in [1.807, 2.05) is 36.4 Å². The Morgan fingerprint density at radius 3 is 2.15 bits per heavy atom. The largest absolute Gasteiger partial charge is 0.495 e.